The van der Waals surface area contributed by atoms with E-state index in [4.69, 9.17) is 5.11 Å². The number of hydrogen-bond donors (Lipinski definition) is 2. The molecule has 3 atom stereocenters. The lowest BCUT2D eigenvalue weighted by atomic mass is 9.62. The smallest absolute Gasteiger partial charge is 0.164 e. The van der Waals surface area contributed by atoms with Crippen LogP contribution >= 0.6 is 0 Å². The molecule has 0 aromatic heterocycles. The SMILES string of the molecule is CC(/C=C/C1C(C)C(=O)C(O)CC1(C)C)=C\CO. The predicted octanol–water partition coefficient (Wildman–Crippen LogP) is 2.09. The Labute approximate surface area is 109 Å². The average molecular weight is 252 g/mol. The molecular formula is C15H24O3. The average Bonchev–Trinajstić information content (AvgIpc) is 2.25. The minimum atomic E-state index is -0.825. The minimum Gasteiger partial charge on any atom is -0.392 e. The van der Waals surface area contributed by atoms with Crippen molar-refractivity contribution in [2.24, 2.45) is 17.3 Å². The van der Waals surface area contributed by atoms with E-state index in [1.165, 1.54) is 0 Å². The number of carbonyl (C=O) groups excluding carboxylic acids is 1. The standard InChI is InChI=1S/C15H24O3/c1-10(7-8-16)5-6-12-11(2)14(18)13(17)9-15(12,3)4/h5-7,11-13,16-17H,8-9H2,1-4H3/b6-5+,10-7+. The summed E-state index contributed by atoms with van der Waals surface area (Å²) in [6.07, 6.45) is 5.40. The first kappa shape index (κ1) is 15.1. The monoisotopic (exact) mass is 252 g/mol. The maximum atomic E-state index is 11.9. The van der Waals surface area contributed by atoms with Crippen LogP contribution in [-0.2, 0) is 4.79 Å². The van der Waals surface area contributed by atoms with Gasteiger partial charge in [-0.05, 0) is 24.7 Å². The van der Waals surface area contributed by atoms with Gasteiger partial charge in [0.1, 0.15) is 6.10 Å². The van der Waals surface area contributed by atoms with Crippen LogP contribution in [0.5, 0.6) is 0 Å². The summed E-state index contributed by atoms with van der Waals surface area (Å²) in [5.41, 5.74) is 0.891. The van der Waals surface area contributed by atoms with Crippen LogP contribution in [0.3, 0.4) is 0 Å². The van der Waals surface area contributed by atoms with Gasteiger partial charge in [0.05, 0.1) is 6.61 Å². The predicted molar refractivity (Wildman–Crippen MR) is 72.0 cm³/mol. The van der Waals surface area contributed by atoms with E-state index >= 15 is 0 Å². The first-order chi connectivity index (χ1) is 8.29. The fraction of sp³-hybridized carbons (Fsp3) is 0.667. The largest absolute Gasteiger partial charge is 0.392 e. The summed E-state index contributed by atoms with van der Waals surface area (Å²) >= 11 is 0. The molecule has 1 saturated carbocycles. The molecule has 0 radical (unpaired) electrons. The van der Waals surface area contributed by atoms with E-state index in [-0.39, 0.29) is 29.6 Å². The molecule has 0 bridgehead atoms. The van der Waals surface area contributed by atoms with E-state index in [9.17, 15) is 9.90 Å². The molecular weight excluding hydrogens is 228 g/mol. The van der Waals surface area contributed by atoms with Gasteiger partial charge >= 0.3 is 0 Å². The van der Waals surface area contributed by atoms with Crippen molar-refractivity contribution in [3.63, 3.8) is 0 Å². The zero-order chi connectivity index (χ0) is 13.9. The lowest BCUT2D eigenvalue weighted by molar-refractivity contribution is -0.140. The number of allylic oxidation sites excluding steroid dienone is 3. The zero-order valence-electron chi connectivity index (χ0n) is 11.7. The maximum absolute atomic E-state index is 11.9. The maximum Gasteiger partial charge on any atom is 0.164 e. The Balaban J connectivity index is 2.91. The summed E-state index contributed by atoms with van der Waals surface area (Å²) in [6.45, 7) is 7.99. The second-order valence-electron chi connectivity index (χ2n) is 5.92. The van der Waals surface area contributed by atoms with Crippen molar-refractivity contribution in [2.75, 3.05) is 6.61 Å². The lowest BCUT2D eigenvalue weighted by Gasteiger charge is -2.42. The summed E-state index contributed by atoms with van der Waals surface area (Å²) in [7, 11) is 0. The van der Waals surface area contributed by atoms with Crippen LogP contribution in [0.1, 0.15) is 34.1 Å². The molecule has 0 aromatic rings. The van der Waals surface area contributed by atoms with E-state index in [0.29, 0.717) is 6.42 Å². The Morgan fingerprint density at radius 1 is 1.50 bits per heavy atom. The van der Waals surface area contributed by atoms with Crippen molar-refractivity contribution < 1.29 is 15.0 Å². The summed E-state index contributed by atoms with van der Waals surface area (Å²) in [5.74, 6) is -0.106. The van der Waals surface area contributed by atoms with E-state index in [1.54, 1.807) is 6.08 Å². The molecule has 0 amide bonds. The number of carbonyl (C=O) groups is 1. The third-order valence-electron chi connectivity index (χ3n) is 3.92. The van der Waals surface area contributed by atoms with E-state index < -0.39 is 6.10 Å². The number of ketones is 1. The molecule has 3 unspecified atom stereocenters. The van der Waals surface area contributed by atoms with Gasteiger partial charge in [-0.2, -0.15) is 0 Å². The summed E-state index contributed by atoms with van der Waals surface area (Å²) in [6, 6.07) is 0. The Morgan fingerprint density at radius 2 is 2.11 bits per heavy atom. The molecule has 0 aromatic carbocycles. The van der Waals surface area contributed by atoms with Gasteiger partial charge < -0.3 is 10.2 Å². The van der Waals surface area contributed by atoms with Crippen LogP contribution in [0.15, 0.2) is 23.8 Å². The van der Waals surface area contributed by atoms with Gasteiger partial charge in [-0.1, -0.05) is 44.6 Å². The highest BCUT2D eigenvalue weighted by Gasteiger charge is 2.44. The van der Waals surface area contributed by atoms with Crippen LogP contribution in [0.4, 0.5) is 0 Å². The molecule has 0 aliphatic heterocycles. The minimum absolute atomic E-state index is 0.0252. The van der Waals surface area contributed by atoms with Crippen LogP contribution in [-0.4, -0.2) is 28.7 Å². The van der Waals surface area contributed by atoms with Gasteiger partial charge in [-0.3, -0.25) is 4.79 Å². The highest BCUT2D eigenvalue weighted by Crippen LogP contribution is 2.43. The number of Topliss-reactive ketones (excluding diaryl/α,β-unsaturated/α-hetero) is 1. The molecule has 102 valence electrons. The lowest BCUT2D eigenvalue weighted by Crippen LogP contribution is -2.45. The van der Waals surface area contributed by atoms with E-state index in [1.807, 2.05) is 26.0 Å². The molecule has 2 N–H and O–H groups in total. The molecule has 1 fully saturated rings. The third-order valence-corrected chi connectivity index (χ3v) is 3.92. The number of aliphatic hydroxyl groups excluding tert-OH is 2. The van der Waals surface area contributed by atoms with E-state index in [0.717, 1.165) is 5.57 Å². The Hall–Kier alpha value is -0.930. The molecule has 0 heterocycles. The fourth-order valence-corrected chi connectivity index (χ4v) is 2.79. The molecule has 3 heteroatoms. The van der Waals surface area contributed by atoms with Crippen molar-refractivity contribution >= 4 is 5.78 Å². The van der Waals surface area contributed by atoms with Gasteiger partial charge in [-0.15, -0.1) is 0 Å². The van der Waals surface area contributed by atoms with E-state index in [2.05, 4.69) is 13.8 Å². The molecule has 0 spiro atoms. The van der Waals surface area contributed by atoms with Crippen molar-refractivity contribution in [3.05, 3.63) is 23.8 Å². The summed E-state index contributed by atoms with van der Waals surface area (Å²) < 4.78 is 0. The highest BCUT2D eigenvalue weighted by molar-refractivity contribution is 5.86. The number of hydrogen-bond acceptors (Lipinski definition) is 3. The Bertz CT molecular complexity index is 366. The fourth-order valence-electron chi connectivity index (χ4n) is 2.79. The summed E-state index contributed by atoms with van der Waals surface area (Å²) in [4.78, 5) is 11.9. The van der Waals surface area contributed by atoms with Gasteiger partial charge in [-0.25, -0.2) is 0 Å². The number of aliphatic hydroxyl groups is 2. The van der Waals surface area contributed by atoms with Crippen LogP contribution in [0.2, 0.25) is 0 Å². The van der Waals surface area contributed by atoms with Crippen LogP contribution in [0, 0.1) is 17.3 Å². The normalized spacial score (nSPS) is 33.1. The topological polar surface area (TPSA) is 57.5 Å². The quantitative estimate of drug-likeness (QED) is 0.756. The van der Waals surface area contributed by atoms with Crippen molar-refractivity contribution in [1.82, 2.24) is 0 Å². The van der Waals surface area contributed by atoms with Crippen LogP contribution < -0.4 is 0 Å². The highest BCUT2D eigenvalue weighted by atomic mass is 16.3. The molecule has 1 rings (SSSR count). The van der Waals surface area contributed by atoms with Crippen molar-refractivity contribution in [2.45, 2.75) is 40.2 Å². The first-order valence-electron chi connectivity index (χ1n) is 6.47. The second-order valence-corrected chi connectivity index (χ2v) is 5.92. The Kier molecular flexibility index (Phi) is 4.88. The van der Waals surface area contributed by atoms with Gasteiger partial charge in [0.2, 0.25) is 0 Å². The van der Waals surface area contributed by atoms with Gasteiger partial charge in [0, 0.05) is 5.92 Å². The molecule has 0 saturated heterocycles. The Morgan fingerprint density at radius 3 is 2.67 bits per heavy atom. The third kappa shape index (κ3) is 3.30. The van der Waals surface area contributed by atoms with Crippen molar-refractivity contribution in [3.8, 4) is 0 Å². The van der Waals surface area contributed by atoms with Gasteiger partial charge in [0.25, 0.3) is 0 Å². The zero-order valence-corrected chi connectivity index (χ0v) is 11.7. The second kappa shape index (κ2) is 5.81. The van der Waals surface area contributed by atoms with Gasteiger partial charge in [0.15, 0.2) is 5.78 Å². The first-order valence-corrected chi connectivity index (χ1v) is 6.47. The van der Waals surface area contributed by atoms with Crippen molar-refractivity contribution in [1.29, 1.82) is 0 Å². The molecule has 1 aliphatic rings. The van der Waals surface area contributed by atoms with Crippen LogP contribution in [0.25, 0.3) is 0 Å². The number of rotatable bonds is 3. The molecule has 18 heavy (non-hydrogen) atoms. The molecule has 3 nitrogen and oxygen atoms in total. The summed E-state index contributed by atoms with van der Waals surface area (Å²) in [5, 5.41) is 18.6. The molecule has 1 aliphatic carbocycles.